The van der Waals surface area contributed by atoms with E-state index in [1.807, 2.05) is 0 Å². The van der Waals surface area contributed by atoms with Crippen molar-refractivity contribution >= 4 is 11.9 Å². The summed E-state index contributed by atoms with van der Waals surface area (Å²) in [7, 11) is 0. The van der Waals surface area contributed by atoms with Gasteiger partial charge in [-0.05, 0) is 44.9 Å². The van der Waals surface area contributed by atoms with Crippen molar-refractivity contribution < 1.29 is 24.2 Å². The summed E-state index contributed by atoms with van der Waals surface area (Å²) in [5, 5.41) is 9.53. The van der Waals surface area contributed by atoms with Gasteiger partial charge in [0, 0.05) is 12.8 Å². The van der Waals surface area contributed by atoms with Crippen LogP contribution in [0.25, 0.3) is 0 Å². The highest BCUT2D eigenvalue weighted by atomic mass is 16.6. The van der Waals surface area contributed by atoms with E-state index in [0.29, 0.717) is 12.8 Å². The fourth-order valence-electron chi connectivity index (χ4n) is 5.35. The maximum Gasteiger partial charge on any atom is 0.306 e. The Bertz CT molecular complexity index is 671. The smallest absolute Gasteiger partial charge is 0.306 e. The lowest BCUT2D eigenvalue weighted by atomic mass is 10.0. The predicted molar refractivity (Wildman–Crippen MR) is 187 cm³/mol. The first-order chi connectivity index (χ1) is 21.6. The molecule has 0 radical (unpaired) electrons. The number of hydrogen-bond acceptors (Lipinski definition) is 5. The van der Waals surface area contributed by atoms with E-state index in [1.54, 1.807) is 0 Å². The Morgan fingerprint density at radius 3 is 1.39 bits per heavy atom. The average Bonchev–Trinajstić information content (AvgIpc) is 3.02. The first-order valence-electron chi connectivity index (χ1n) is 18.9. The molecule has 0 aliphatic heterocycles. The second kappa shape index (κ2) is 35.9. The van der Waals surface area contributed by atoms with E-state index in [9.17, 15) is 14.7 Å². The number of aliphatic hydroxyl groups is 1. The summed E-state index contributed by atoms with van der Waals surface area (Å²) in [6.07, 6.45) is 40.9. The third-order valence-electron chi connectivity index (χ3n) is 8.25. The Hall–Kier alpha value is -1.62. The first-order valence-corrected chi connectivity index (χ1v) is 18.9. The van der Waals surface area contributed by atoms with Crippen LogP contribution in [0.3, 0.4) is 0 Å². The number of allylic oxidation sites excluding steroid dienone is 4. The minimum absolute atomic E-state index is 0.0661. The van der Waals surface area contributed by atoms with Gasteiger partial charge in [0.05, 0.1) is 6.61 Å². The zero-order chi connectivity index (χ0) is 32.2. The van der Waals surface area contributed by atoms with Crippen LogP contribution < -0.4 is 0 Å². The van der Waals surface area contributed by atoms with E-state index in [4.69, 9.17) is 9.47 Å². The molecule has 0 saturated heterocycles. The summed E-state index contributed by atoms with van der Waals surface area (Å²) in [5.41, 5.74) is 0. The fraction of sp³-hybridized carbons (Fsp3) is 0.846. The Morgan fingerprint density at radius 1 is 0.523 bits per heavy atom. The van der Waals surface area contributed by atoms with Crippen LogP contribution in [0.1, 0.15) is 194 Å². The molecule has 0 aromatic rings. The molecule has 0 aromatic carbocycles. The lowest BCUT2D eigenvalue weighted by molar-refractivity contribution is -0.161. The van der Waals surface area contributed by atoms with E-state index < -0.39 is 6.10 Å². The van der Waals surface area contributed by atoms with Gasteiger partial charge in [0.1, 0.15) is 6.61 Å². The number of hydrogen-bond donors (Lipinski definition) is 1. The number of rotatable bonds is 34. The highest BCUT2D eigenvalue weighted by Gasteiger charge is 2.16. The van der Waals surface area contributed by atoms with Gasteiger partial charge < -0.3 is 14.6 Å². The minimum atomic E-state index is -0.768. The van der Waals surface area contributed by atoms with Gasteiger partial charge in [0.2, 0.25) is 0 Å². The molecule has 0 spiro atoms. The van der Waals surface area contributed by atoms with Crippen molar-refractivity contribution in [3.05, 3.63) is 24.3 Å². The molecular weight excluding hydrogens is 548 g/mol. The SMILES string of the molecule is CCCCC/C=C/C/C=C/CCCCCCCCCC(=O)OC[C@H](CO)OC(=O)CCCCCCCCCCCCCCC. The molecule has 1 atom stereocenters. The molecule has 0 fully saturated rings. The van der Waals surface area contributed by atoms with Crippen LogP contribution in [0.5, 0.6) is 0 Å². The Morgan fingerprint density at radius 2 is 0.909 bits per heavy atom. The lowest BCUT2D eigenvalue weighted by Crippen LogP contribution is -2.28. The van der Waals surface area contributed by atoms with Crippen LogP contribution in [-0.4, -0.2) is 36.4 Å². The molecule has 0 saturated carbocycles. The monoisotopic (exact) mass is 621 g/mol. The van der Waals surface area contributed by atoms with Gasteiger partial charge in [0.15, 0.2) is 6.10 Å². The van der Waals surface area contributed by atoms with E-state index in [0.717, 1.165) is 44.9 Å². The molecule has 1 N–H and O–H groups in total. The molecule has 0 rings (SSSR count). The van der Waals surface area contributed by atoms with Gasteiger partial charge in [-0.1, -0.05) is 160 Å². The molecule has 0 unspecified atom stereocenters. The van der Waals surface area contributed by atoms with Crippen molar-refractivity contribution in [1.29, 1.82) is 0 Å². The molecular formula is C39H72O5. The van der Waals surface area contributed by atoms with Gasteiger partial charge in [-0.3, -0.25) is 9.59 Å². The number of aliphatic hydroxyl groups excluding tert-OH is 1. The molecule has 0 aliphatic rings. The van der Waals surface area contributed by atoms with Crippen molar-refractivity contribution in [3.63, 3.8) is 0 Å². The molecule has 0 aromatic heterocycles. The molecule has 0 heterocycles. The van der Waals surface area contributed by atoms with Gasteiger partial charge in [0.25, 0.3) is 0 Å². The third-order valence-corrected chi connectivity index (χ3v) is 8.25. The molecule has 5 nitrogen and oxygen atoms in total. The number of carbonyl (C=O) groups is 2. The van der Waals surface area contributed by atoms with Crippen molar-refractivity contribution in [2.45, 2.75) is 200 Å². The molecule has 0 amide bonds. The summed E-state index contributed by atoms with van der Waals surface area (Å²) in [6.45, 7) is 4.11. The normalized spacial score (nSPS) is 12.3. The molecule has 5 heteroatoms. The van der Waals surface area contributed by atoms with Gasteiger partial charge in [-0.15, -0.1) is 0 Å². The summed E-state index contributed by atoms with van der Waals surface area (Å²) >= 11 is 0. The zero-order valence-corrected chi connectivity index (χ0v) is 29.2. The number of carbonyl (C=O) groups excluding carboxylic acids is 2. The van der Waals surface area contributed by atoms with Crippen molar-refractivity contribution in [2.24, 2.45) is 0 Å². The lowest BCUT2D eigenvalue weighted by Gasteiger charge is -2.15. The Labute approximate surface area is 273 Å². The third kappa shape index (κ3) is 33.3. The van der Waals surface area contributed by atoms with Crippen molar-refractivity contribution in [2.75, 3.05) is 13.2 Å². The second-order valence-corrected chi connectivity index (χ2v) is 12.7. The summed E-state index contributed by atoms with van der Waals surface area (Å²) in [5.74, 6) is -0.594. The maximum absolute atomic E-state index is 12.1. The van der Waals surface area contributed by atoms with Crippen molar-refractivity contribution in [1.82, 2.24) is 0 Å². The van der Waals surface area contributed by atoms with Crippen LogP contribution in [0, 0.1) is 0 Å². The van der Waals surface area contributed by atoms with E-state index in [-0.39, 0.29) is 25.2 Å². The van der Waals surface area contributed by atoms with Crippen LogP contribution in [0.2, 0.25) is 0 Å². The van der Waals surface area contributed by atoms with E-state index >= 15 is 0 Å². The zero-order valence-electron chi connectivity index (χ0n) is 29.2. The largest absolute Gasteiger partial charge is 0.462 e. The van der Waals surface area contributed by atoms with Crippen LogP contribution >= 0.6 is 0 Å². The standard InChI is InChI=1S/C39H72O5/c1-3-5-7-9-11-13-15-17-18-19-20-22-23-25-27-29-31-33-38(41)43-36-37(35-40)44-39(42)34-32-30-28-26-24-21-16-14-12-10-8-6-4-2/h11,13,17-18,37,40H,3-10,12,14-16,19-36H2,1-2H3/b13-11+,18-17+/t37-/m0/s1. The van der Waals surface area contributed by atoms with Crippen LogP contribution in [0.15, 0.2) is 24.3 Å². The maximum atomic E-state index is 12.1. The van der Waals surface area contributed by atoms with E-state index in [2.05, 4.69) is 38.2 Å². The highest BCUT2D eigenvalue weighted by molar-refractivity contribution is 5.70. The fourth-order valence-corrected chi connectivity index (χ4v) is 5.35. The Balaban J connectivity index is 3.55. The number of esters is 2. The summed E-state index contributed by atoms with van der Waals surface area (Å²) in [4.78, 5) is 24.2. The number of ether oxygens (including phenoxy) is 2. The first kappa shape index (κ1) is 42.4. The van der Waals surface area contributed by atoms with Crippen LogP contribution in [0.4, 0.5) is 0 Å². The molecule has 0 bridgehead atoms. The van der Waals surface area contributed by atoms with Crippen molar-refractivity contribution in [3.8, 4) is 0 Å². The quantitative estimate of drug-likeness (QED) is 0.0440. The molecule has 258 valence electrons. The second-order valence-electron chi connectivity index (χ2n) is 12.7. The Kier molecular flexibility index (Phi) is 34.5. The van der Waals surface area contributed by atoms with Crippen LogP contribution in [-0.2, 0) is 19.1 Å². The molecule has 44 heavy (non-hydrogen) atoms. The number of unbranched alkanes of at least 4 members (excludes halogenated alkanes) is 22. The summed E-state index contributed by atoms with van der Waals surface area (Å²) < 4.78 is 10.6. The highest BCUT2D eigenvalue weighted by Crippen LogP contribution is 2.14. The van der Waals surface area contributed by atoms with Gasteiger partial charge in [-0.2, -0.15) is 0 Å². The average molecular weight is 621 g/mol. The molecule has 0 aliphatic carbocycles. The minimum Gasteiger partial charge on any atom is -0.462 e. The summed E-state index contributed by atoms with van der Waals surface area (Å²) in [6, 6.07) is 0. The van der Waals surface area contributed by atoms with Gasteiger partial charge in [-0.25, -0.2) is 0 Å². The van der Waals surface area contributed by atoms with Gasteiger partial charge >= 0.3 is 11.9 Å². The predicted octanol–water partition coefficient (Wildman–Crippen LogP) is 11.5. The topological polar surface area (TPSA) is 72.8 Å². The van der Waals surface area contributed by atoms with E-state index in [1.165, 1.54) is 122 Å².